The summed E-state index contributed by atoms with van der Waals surface area (Å²) in [5.74, 6) is 1.24. The van der Waals surface area contributed by atoms with Crippen molar-refractivity contribution in [2.45, 2.75) is 57.4 Å². The second-order valence-corrected chi connectivity index (χ2v) is 10.2. The smallest absolute Gasteiger partial charge is 0.434 e. The van der Waals surface area contributed by atoms with Gasteiger partial charge in [-0.05, 0) is 38.2 Å². The summed E-state index contributed by atoms with van der Waals surface area (Å²) >= 11 is 0. The molecule has 1 aliphatic carbocycles. The standard InChI is InChI=1S/C29H30F5N7O/c1-16(17-6-10-19(11-7-17)27-39-22(14-41(27)2)29(32,33)34)37-25-20(5-4-12-30)21(13-31)38-26(40-25)23-24(18-8-9-18)35-15-36-28(23)42-3/h6-7,10-11,14-16,18H,4-5,8-9,12-13H2,1-3H3,(H,37,38,40). The Bertz CT molecular complexity index is 1550. The maximum atomic E-state index is 14.4. The van der Waals surface area contributed by atoms with E-state index in [4.69, 9.17) is 9.72 Å². The van der Waals surface area contributed by atoms with Gasteiger partial charge >= 0.3 is 6.18 Å². The fraction of sp³-hybridized carbons (Fsp3) is 0.414. The highest BCUT2D eigenvalue weighted by Crippen LogP contribution is 2.45. The molecule has 5 rings (SSSR count). The predicted octanol–water partition coefficient (Wildman–Crippen LogP) is 6.78. The molecule has 222 valence electrons. The number of anilines is 1. The van der Waals surface area contributed by atoms with E-state index in [1.165, 1.54) is 25.1 Å². The number of imidazole rings is 1. The van der Waals surface area contributed by atoms with E-state index in [2.05, 4.69) is 25.3 Å². The zero-order valence-corrected chi connectivity index (χ0v) is 23.3. The highest BCUT2D eigenvalue weighted by atomic mass is 19.4. The topological polar surface area (TPSA) is 90.6 Å². The van der Waals surface area contributed by atoms with E-state index in [0.29, 0.717) is 22.5 Å². The number of methoxy groups -OCH3 is 1. The molecule has 1 aliphatic rings. The van der Waals surface area contributed by atoms with E-state index in [0.717, 1.165) is 30.3 Å². The lowest BCUT2D eigenvalue weighted by molar-refractivity contribution is -0.140. The van der Waals surface area contributed by atoms with Gasteiger partial charge < -0.3 is 14.6 Å². The highest BCUT2D eigenvalue weighted by molar-refractivity contribution is 5.68. The third kappa shape index (κ3) is 6.04. The summed E-state index contributed by atoms with van der Waals surface area (Å²) in [7, 11) is 2.99. The van der Waals surface area contributed by atoms with E-state index in [1.807, 2.05) is 6.92 Å². The minimum atomic E-state index is -4.54. The van der Waals surface area contributed by atoms with Gasteiger partial charge in [0.1, 0.15) is 30.2 Å². The van der Waals surface area contributed by atoms with Crippen molar-refractivity contribution in [3.8, 4) is 28.7 Å². The number of alkyl halides is 5. The van der Waals surface area contributed by atoms with Gasteiger partial charge in [0, 0.05) is 36.3 Å². The van der Waals surface area contributed by atoms with Gasteiger partial charge in [-0.15, -0.1) is 0 Å². The number of nitrogens with zero attached hydrogens (tertiary/aromatic N) is 6. The summed E-state index contributed by atoms with van der Waals surface area (Å²) in [6.07, 6.45) is 0.116. The van der Waals surface area contributed by atoms with Crippen LogP contribution < -0.4 is 10.1 Å². The zero-order valence-electron chi connectivity index (χ0n) is 23.3. The normalized spacial score (nSPS) is 14.2. The van der Waals surface area contributed by atoms with Crippen LogP contribution in [0.25, 0.3) is 22.8 Å². The number of benzene rings is 1. The van der Waals surface area contributed by atoms with Gasteiger partial charge in [0.05, 0.1) is 25.2 Å². The molecule has 1 saturated carbocycles. The second kappa shape index (κ2) is 12.0. The maximum Gasteiger partial charge on any atom is 0.434 e. The van der Waals surface area contributed by atoms with Gasteiger partial charge in [0.15, 0.2) is 11.5 Å². The second-order valence-electron chi connectivity index (χ2n) is 10.2. The Labute approximate surface area is 239 Å². The Balaban J connectivity index is 1.49. The summed E-state index contributed by atoms with van der Waals surface area (Å²) in [6, 6.07) is 6.56. The summed E-state index contributed by atoms with van der Waals surface area (Å²) < 4.78 is 73.8. The quantitative estimate of drug-likeness (QED) is 0.193. The molecule has 13 heteroatoms. The summed E-state index contributed by atoms with van der Waals surface area (Å²) in [5, 5.41) is 3.33. The molecule has 42 heavy (non-hydrogen) atoms. The molecule has 0 saturated heterocycles. The molecule has 0 radical (unpaired) electrons. The van der Waals surface area contributed by atoms with Gasteiger partial charge in [-0.25, -0.2) is 29.3 Å². The minimum Gasteiger partial charge on any atom is -0.480 e. The fourth-order valence-electron chi connectivity index (χ4n) is 4.87. The third-order valence-corrected chi connectivity index (χ3v) is 7.19. The molecule has 0 spiro atoms. The van der Waals surface area contributed by atoms with Crippen molar-refractivity contribution in [3.05, 3.63) is 65.0 Å². The molecule has 1 atom stereocenters. The number of aryl methyl sites for hydroxylation is 1. The average Bonchev–Trinajstić information content (AvgIpc) is 3.75. The molecule has 4 aromatic rings. The average molecular weight is 588 g/mol. The van der Waals surface area contributed by atoms with E-state index < -0.39 is 25.2 Å². The van der Waals surface area contributed by atoms with Crippen molar-refractivity contribution >= 4 is 5.82 Å². The van der Waals surface area contributed by atoms with Crippen LogP contribution in [0.2, 0.25) is 0 Å². The molecule has 0 aliphatic heterocycles. The Kier molecular flexibility index (Phi) is 8.37. The Hall–Kier alpha value is -4.16. The first-order valence-electron chi connectivity index (χ1n) is 13.5. The Morgan fingerprint density at radius 1 is 1.07 bits per heavy atom. The lowest BCUT2D eigenvalue weighted by atomic mass is 10.0. The van der Waals surface area contributed by atoms with Crippen LogP contribution in [0.5, 0.6) is 5.88 Å². The fourth-order valence-corrected chi connectivity index (χ4v) is 4.87. The lowest BCUT2D eigenvalue weighted by Gasteiger charge is -2.21. The Morgan fingerprint density at radius 2 is 1.81 bits per heavy atom. The van der Waals surface area contributed by atoms with Gasteiger partial charge in [-0.1, -0.05) is 24.3 Å². The summed E-state index contributed by atoms with van der Waals surface area (Å²) in [4.78, 5) is 21.7. The molecule has 1 N–H and O–H groups in total. The molecular weight excluding hydrogens is 557 g/mol. The lowest BCUT2D eigenvalue weighted by Crippen LogP contribution is -2.14. The predicted molar refractivity (Wildman–Crippen MR) is 146 cm³/mol. The van der Waals surface area contributed by atoms with Crippen LogP contribution in [0, 0.1) is 0 Å². The van der Waals surface area contributed by atoms with Crippen LogP contribution in [0.4, 0.5) is 27.8 Å². The number of halogens is 5. The van der Waals surface area contributed by atoms with Gasteiger partial charge in [-0.3, -0.25) is 4.39 Å². The molecule has 1 fully saturated rings. The van der Waals surface area contributed by atoms with Crippen LogP contribution in [0.3, 0.4) is 0 Å². The van der Waals surface area contributed by atoms with Crippen molar-refractivity contribution < 1.29 is 26.7 Å². The molecule has 3 heterocycles. The van der Waals surface area contributed by atoms with Crippen molar-refractivity contribution in [1.82, 2.24) is 29.5 Å². The monoisotopic (exact) mass is 587 g/mol. The Morgan fingerprint density at radius 3 is 2.40 bits per heavy atom. The van der Waals surface area contributed by atoms with Gasteiger partial charge in [-0.2, -0.15) is 13.2 Å². The number of nitrogens with one attached hydrogen (secondary N) is 1. The van der Waals surface area contributed by atoms with Crippen molar-refractivity contribution in [3.63, 3.8) is 0 Å². The number of hydrogen-bond donors (Lipinski definition) is 1. The number of hydrogen-bond acceptors (Lipinski definition) is 7. The number of rotatable bonds is 11. The van der Waals surface area contributed by atoms with Crippen molar-refractivity contribution in [2.75, 3.05) is 19.1 Å². The maximum absolute atomic E-state index is 14.4. The summed E-state index contributed by atoms with van der Waals surface area (Å²) in [6.45, 7) is 0.405. The van der Waals surface area contributed by atoms with Crippen LogP contribution in [0.1, 0.15) is 66.4 Å². The molecule has 1 unspecified atom stereocenters. The van der Waals surface area contributed by atoms with Gasteiger partial charge in [0.25, 0.3) is 0 Å². The first-order valence-corrected chi connectivity index (χ1v) is 13.5. The number of aromatic nitrogens is 6. The SMILES string of the molecule is COc1ncnc(C2CC2)c1-c1nc(CF)c(CCCF)c(NC(C)c2ccc(-c3nc(C(F)(F)F)cn3C)cc2)n1. The molecule has 1 aromatic carbocycles. The minimum absolute atomic E-state index is 0.140. The van der Waals surface area contributed by atoms with Crippen molar-refractivity contribution in [2.24, 2.45) is 7.05 Å². The molecule has 3 aromatic heterocycles. The van der Waals surface area contributed by atoms with Crippen molar-refractivity contribution in [1.29, 1.82) is 0 Å². The first kappa shape index (κ1) is 29.3. The third-order valence-electron chi connectivity index (χ3n) is 7.19. The van der Waals surface area contributed by atoms with Gasteiger partial charge in [0.2, 0.25) is 5.88 Å². The van der Waals surface area contributed by atoms with Crippen LogP contribution in [-0.4, -0.2) is 43.3 Å². The zero-order chi connectivity index (χ0) is 30.0. The van der Waals surface area contributed by atoms with E-state index in [-0.39, 0.29) is 48.0 Å². The van der Waals surface area contributed by atoms with E-state index in [9.17, 15) is 22.0 Å². The van der Waals surface area contributed by atoms with Crippen LogP contribution in [-0.2, 0) is 26.3 Å². The largest absolute Gasteiger partial charge is 0.480 e. The van der Waals surface area contributed by atoms with E-state index >= 15 is 0 Å². The molecule has 0 amide bonds. The first-order chi connectivity index (χ1) is 20.1. The summed E-state index contributed by atoms with van der Waals surface area (Å²) in [5.41, 5.74) is 2.19. The van der Waals surface area contributed by atoms with Crippen LogP contribution >= 0.6 is 0 Å². The molecule has 8 nitrogen and oxygen atoms in total. The molecular formula is C29H30F5N7O. The van der Waals surface area contributed by atoms with E-state index in [1.54, 1.807) is 24.3 Å². The number of ether oxygens (including phenoxy) is 1. The van der Waals surface area contributed by atoms with Crippen LogP contribution in [0.15, 0.2) is 36.8 Å². The highest BCUT2D eigenvalue weighted by Gasteiger charge is 2.35. The molecule has 0 bridgehead atoms.